The van der Waals surface area contributed by atoms with E-state index >= 15 is 0 Å². The minimum absolute atomic E-state index is 0.727. The van der Waals surface area contributed by atoms with Crippen molar-refractivity contribution in [2.24, 2.45) is 0 Å². The zero-order chi connectivity index (χ0) is 11.4. The van der Waals surface area contributed by atoms with Crippen molar-refractivity contribution in [2.45, 2.75) is 26.3 Å². The molecule has 3 heteroatoms. The molecule has 0 radical (unpaired) electrons. The lowest BCUT2D eigenvalue weighted by atomic mass is 10.1. The van der Waals surface area contributed by atoms with Crippen molar-refractivity contribution < 1.29 is 0 Å². The van der Waals surface area contributed by atoms with Crippen LogP contribution >= 0.6 is 11.6 Å². The van der Waals surface area contributed by atoms with Gasteiger partial charge in [0.15, 0.2) is 0 Å². The van der Waals surface area contributed by atoms with E-state index in [-0.39, 0.29) is 0 Å². The van der Waals surface area contributed by atoms with E-state index in [4.69, 9.17) is 11.6 Å². The van der Waals surface area contributed by atoms with Crippen LogP contribution in [0.15, 0.2) is 36.4 Å². The highest BCUT2D eigenvalue weighted by Gasteiger charge is 2.01. The molecular formula is C13H15ClN2. The van der Waals surface area contributed by atoms with E-state index in [9.17, 15) is 0 Å². The number of rotatable bonds is 4. The molecule has 0 saturated carbocycles. The molecule has 1 aromatic carbocycles. The maximum absolute atomic E-state index is 6.03. The van der Waals surface area contributed by atoms with Gasteiger partial charge in [-0.3, -0.25) is 4.68 Å². The Morgan fingerprint density at radius 3 is 2.62 bits per heavy atom. The van der Waals surface area contributed by atoms with Gasteiger partial charge in [-0.1, -0.05) is 41.9 Å². The van der Waals surface area contributed by atoms with Crippen molar-refractivity contribution in [1.82, 2.24) is 9.78 Å². The highest BCUT2D eigenvalue weighted by Crippen LogP contribution is 2.11. The molecule has 0 atom stereocenters. The zero-order valence-corrected chi connectivity index (χ0v) is 10.1. The Hall–Kier alpha value is -1.28. The number of nitrogens with zero attached hydrogens (tertiary/aromatic N) is 2. The summed E-state index contributed by atoms with van der Waals surface area (Å²) in [5.74, 6) is 0. The Kier molecular flexibility index (Phi) is 3.62. The van der Waals surface area contributed by atoms with Gasteiger partial charge in [-0.25, -0.2) is 0 Å². The van der Waals surface area contributed by atoms with Crippen LogP contribution in [-0.2, 0) is 13.0 Å². The van der Waals surface area contributed by atoms with Crippen LogP contribution in [0.4, 0.5) is 0 Å². The van der Waals surface area contributed by atoms with Crippen LogP contribution in [0.25, 0.3) is 0 Å². The molecule has 0 N–H and O–H groups in total. The fraction of sp³-hybridized carbons (Fsp3) is 0.308. The van der Waals surface area contributed by atoms with Gasteiger partial charge < -0.3 is 0 Å². The quantitative estimate of drug-likeness (QED) is 0.792. The van der Waals surface area contributed by atoms with E-state index < -0.39 is 0 Å². The molecule has 0 unspecified atom stereocenters. The van der Waals surface area contributed by atoms with Crippen LogP contribution in [0.5, 0.6) is 0 Å². The maximum Gasteiger partial charge on any atom is 0.127 e. The van der Waals surface area contributed by atoms with Gasteiger partial charge in [-0.2, -0.15) is 5.10 Å². The van der Waals surface area contributed by atoms with Crippen molar-refractivity contribution in [3.63, 3.8) is 0 Å². The summed E-state index contributed by atoms with van der Waals surface area (Å²) in [7, 11) is 0. The summed E-state index contributed by atoms with van der Waals surface area (Å²) in [6, 6.07) is 12.4. The summed E-state index contributed by atoms with van der Waals surface area (Å²) in [5, 5.41) is 5.05. The first-order chi connectivity index (χ1) is 7.75. The minimum Gasteiger partial charge on any atom is -0.254 e. The van der Waals surface area contributed by atoms with Gasteiger partial charge in [-0.15, -0.1) is 0 Å². The first-order valence-corrected chi connectivity index (χ1v) is 5.87. The summed E-state index contributed by atoms with van der Waals surface area (Å²) in [5.41, 5.74) is 2.34. The maximum atomic E-state index is 6.03. The zero-order valence-electron chi connectivity index (χ0n) is 9.36. The molecule has 0 aliphatic rings. The van der Waals surface area contributed by atoms with Crippen LogP contribution in [0.3, 0.4) is 0 Å². The summed E-state index contributed by atoms with van der Waals surface area (Å²) in [6.45, 7) is 2.83. The molecule has 2 rings (SSSR count). The van der Waals surface area contributed by atoms with Crippen molar-refractivity contribution in [3.8, 4) is 0 Å². The van der Waals surface area contributed by atoms with E-state index in [2.05, 4.69) is 29.4 Å². The number of hydrogen-bond donors (Lipinski definition) is 0. The number of halogens is 1. The second kappa shape index (κ2) is 5.17. The number of aryl methyl sites for hydroxylation is 3. The largest absolute Gasteiger partial charge is 0.254 e. The van der Waals surface area contributed by atoms with Gasteiger partial charge in [-0.05, 0) is 31.4 Å². The lowest BCUT2D eigenvalue weighted by Gasteiger charge is -2.03. The third-order valence-electron chi connectivity index (χ3n) is 2.53. The fourth-order valence-corrected chi connectivity index (χ4v) is 2.03. The topological polar surface area (TPSA) is 17.8 Å². The first kappa shape index (κ1) is 11.2. The molecule has 0 saturated heterocycles. The SMILES string of the molecule is Cc1cc(Cl)n(CCCc2ccccc2)n1. The predicted molar refractivity (Wildman–Crippen MR) is 66.7 cm³/mol. The highest BCUT2D eigenvalue weighted by atomic mass is 35.5. The molecule has 0 spiro atoms. The summed E-state index contributed by atoms with van der Waals surface area (Å²) in [4.78, 5) is 0. The standard InChI is InChI=1S/C13H15ClN2/c1-11-10-13(14)16(15-11)9-5-8-12-6-3-2-4-7-12/h2-4,6-7,10H,5,8-9H2,1H3. The number of benzene rings is 1. The monoisotopic (exact) mass is 234 g/mol. The smallest absolute Gasteiger partial charge is 0.127 e. The lowest BCUT2D eigenvalue weighted by molar-refractivity contribution is 0.576. The Labute approximate surface area is 101 Å². The average molecular weight is 235 g/mol. The van der Waals surface area contributed by atoms with E-state index in [1.165, 1.54) is 5.56 Å². The van der Waals surface area contributed by atoms with Crippen molar-refractivity contribution >= 4 is 11.6 Å². The first-order valence-electron chi connectivity index (χ1n) is 5.49. The van der Waals surface area contributed by atoms with Crippen LogP contribution in [-0.4, -0.2) is 9.78 Å². The molecule has 1 aromatic heterocycles. The summed E-state index contributed by atoms with van der Waals surface area (Å²) < 4.78 is 1.86. The third-order valence-corrected chi connectivity index (χ3v) is 2.84. The Morgan fingerprint density at radius 1 is 1.25 bits per heavy atom. The van der Waals surface area contributed by atoms with Gasteiger partial charge in [0, 0.05) is 6.54 Å². The Morgan fingerprint density at radius 2 is 2.00 bits per heavy atom. The molecule has 0 aliphatic carbocycles. The molecule has 2 aromatic rings. The number of aromatic nitrogens is 2. The van der Waals surface area contributed by atoms with Crippen LogP contribution in [0.2, 0.25) is 5.15 Å². The molecule has 16 heavy (non-hydrogen) atoms. The van der Waals surface area contributed by atoms with E-state index in [1.54, 1.807) is 0 Å². The van der Waals surface area contributed by atoms with Gasteiger partial charge in [0.25, 0.3) is 0 Å². The minimum atomic E-state index is 0.727. The van der Waals surface area contributed by atoms with E-state index in [0.29, 0.717) is 0 Å². The highest BCUT2D eigenvalue weighted by molar-refractivity contribution is 6.29. The normalized spacial score (nSPS) is 10.6. The van der Waals surface area contributed by atoms with Gasteiger partial charge in [0.2, 0.25) is 0 Å². The lowest BCUT2D eigenvalue weighted by Crippen LogP contribution is -2.01. The van der Waals surface area contributed by atoms with E-state index in [1.807, 2.05) is 23.7 Å². The van der Waals surface area contributed by atoms with Gasteiger partial charge in [0.05, 0.1) is 5.69 Å². The summed E-state index contributed by atoms with van der Waals surface area (Å²) in [6.07, 6.45) is 2.13. The van der Waals surface area contributed by atoms with Crippen molar-refractivity contribution in [1.29, 1.82) is 0 Å². The van der Waals surface area contributed by atoms with Crippen LogP contribution in [0, 0.1) is 6.92 Å². The molecular weight excluding hydrogens is 220 g/mol. The third kappa shape index (κ3) is 2.86. The van der Waals surface area contributed by atoms with Gasteiger partial charge in [0.1, 0.15) is 5.15 Å². The Balaban J connectivity index is 1.87. The van der Waals surface area contributed by atoms with E-state index in [0.717, 1.165) is 30.2 Å². The fourth-order valence-electron chi connectivity index (χ4n) is 1.75. The van der Waals surface area contributed by atoms with Crippen LogP contribution in [0.1, 0.15) is 17.7 Å². The summed E-state index contributed by atoms with van der Waals surface area (Å²) >= 11 is 6.03. The average Bonchev–Trinajstić information content (AvgIpc) is 2.59. The van der Waals surface area contributed by atoms with Crippen molar-refractivity contribution in [2.75, 3.05) is 0 Å². The number of hydrogen-bond acceptors (Lipinski definition) is 1. The molecule has 84 valence electrons. The van der Waals surface area contributed by atoms with Gasteiger partial charge >= 0.3 is 0 Å². The second-order valence-corrected chi connectivity index (χ2v) is 4.31. The molecule has 0 aliphatic heterocycles. The molecule has 2 nitrogen and oxygen atoms in total. The van der Waals surface area contributed by atoms with Crippen molar-refractivity contribution in [3.05, 3.63) is 52.8 Å². The molecule has 0 bridgehead atoms. The molecule has 0 fully saturated rings. The van der Waals surface area contributed by atoms with Crippen LogP contribution < -0.4 is 0 Å². The molecule has 1 heterocycles. The second-order valence-electron chi connectivity index (χ2n) is 3.92. The molecule has 0 amide bonds. The predicted octanol–water partition coefficient (Wildman–Crippen LogP) is 3.48. The Bertz CT molecular complexity index is 448.